The van der Waals surface area contributed by atoms with Crippen molar-refractivity contribution in [2.24, 2.45) is 5.92 Å². The van der Waals surface area contributed by atoms with E-state index in [0.29, 0.717) is 0 Å². The minimum absolute atomic E-state index is 0.798. The highest BCUT2D eigenvalue weighted by Gasteiger charge is 2.16. The Morgan fingerprint density at radius 3 is 3.23 bits per heavy atom. The molecule has 1 aromatic rings. The lowest BCUT2D eigenvalue weighted by atomic mass is 10.1. The average molecular weight is 197 g/mol. The Labute approximate surface area is 83.0 Å². The van der Waals surface area contributed by atoms with Gasteiger partial charge in [0.05, 0.1) is 0 Å². The molecule has 4 heteroatoms. The van der Waals surface area contributed by atoms with Crippen LogP contribution in [0.4, 0.5) is 5.13 Å². The van der Waals surface area contributed by atoms with Gasteiger partial charge in [-0.25, -0.2) is 4.98 Å². The number of anilines is 1. The summed E-state index contributed by atoms with van der Waals surface area (Å²) < 4.78 is 4.04. The molecule has 2 heterocycles. The van der Waals surface area contributed by atoms with E-state index >= 15 is 0 Å². The molecule has 3 nitrogen and oxygen atoms in total. The summed E-state index contributed by atoms with van der Waals surface area (Å²) in [4.78, 5) is 6.62. The van der Waals surface area contributed by atoms with Gasteiger partial charge in [0.15, 0.2) is 0 Å². The van der Waals surface area contributed by atoms with E-state index in [0.717, 1.165) is 24.1 Å². The molecule has 1 atom stereocenters. The van der Waals surface area contributed by atoms with Crippen molar-refractivity contribution in [3.8, 4) is 0 Å². The van der Waals surface area contributed by atoms with E-state index < -0.39 is 0 Å². The van der Waals surface area contributed by atoms with Crippen LogP contribution >= 0.6 is 11.5 Å². The van der Waals surface area contributed by atoms with Crippen molar-refractivity contribution in [2.75, 3.05) is 18.0 Å². The molecule has 0 aromatic carbocycles. The Bertz CT molecular complexity index is 247. The summed E-state index contributed by atoms with van der Waals surface area (Å²) in [7, 11) is 0. The van der Waals surface area contributed by atoms with Gasteiger partial charge >= 0.3 is 0 Å². The first kappa shape index (κ1) is 8.94. The first-order valence-corrected chi connectivity index (χ1v) is 5.65. The van der Waals surface area contributed by atoms with E-state index in [9.17, 15) is 0 Å². The van der Waals surface area contributed by atoms with Crippen molar-refractivity contribution in [2.45, 2.75) is 26.2 Å². The van der Waals surface area contributed by atoms with E-state index in [4.69, 9.17) is 0 Å². The topological polar surface area (TPSA) is 29.0 Å². The molecular weight excluding hydrogens is 182 g/mol. The lowest BCUT2D eigenvalue weighted by Crippen LogP contribution is -2.26. The highest BCUT2D eigenvalue weighted by molar-refractivity contribution is 7.09. The zero-order chi connectivity index (χ0) is 9.10. The van der Waals surface area contributed by atoms with Gasteiger partial charge in [0, 0.05) is 24.6 Å². The number of nitrogens with zero attached hydrogens (tertiary/aromatic N) is 3. The lowest BCUT2D eigenvalue weighted by Gasteiger charge is -2.20. The maximum atomic E-state index is 4.25. The third-order valence-corrected chi connectivity index (χ3v) is 3.25. The van der Waals surface area contributed by atoms with Crippen LogP contribution < -0.4 is 4.90 Å². The van der Waals surface area contributed by atoms with Crippen molar-refractivity contribution in [3.05, 3.63) is 6.33 Å². The maximum absolute atomic E-state index is 4.25. The lowest BCUT2D eigenvalue weighted by molar-refractivity contribution is 0.544. The van der Waals surface area contributed by atoms with Gasteiger partial charge in [-0.15, -0.1) is 0 Å². The molecule has 2 rings (SSSR count). The van der Waals surface area contributed by atoms with Crippen LogP contribution in [-0.4, -0.2) is 22.4 Å². The molecule has 1 aliphatic heterocycles. The predicted molar refractivity (Wildman–Crippen MR) is 55.1 cm³/mol. The minimum Gasteiger partial charge on any atom is -0.347 e. The third kappa shape index (κ3) is 2.18. The molecule has 0 bridgehead atoms. The second-order valence-corrected chi connectivity index (χ2v) is 4.53. The zero-order valence-corrected chi connectivity index (χ0v) is 8.76. The summed E-state index contributed by atoms with van der Waals surface area (Å²) in [5, 5.41) is 1.09. The van der Waals surface area contributed by atoms with E-state index in [1.807, 2.05) is 0 Å². The molecule has 1 aromatic heterocycles. The summed E-state index contributed by atoms with van der Waals surface area (Å²) in [6.07, 6.45) is 5.66. The fourth-order valence-corrected chi connectivity index (χ4v) is 2.40. The Kier molecular flexibility index (Phi) is 2.78. The molecule has 1 unspecified atom stereocenters. The Hall–Kier alpha value is -0.640. The van der Waals surface area contributed by atoms with Gasteiger partial charge in [-0.2, -0.15) is 4.37 Å². The number of rotatable bonds is 1. The van der Waals surface area contributed by atoms with Crippen LogP contribution in [0.25, 0.3) is 0 Å². The van der Waals surface area contributed by atoms with Gasteiger partial charge in [-0.05, 0) is 18.8 Å². The van der Waals surface area contributed by atoms with Crippen LogP contribution in [-0.2, 0) is 0 Å². The van der Waals surface area contributed by atoms with Gasteiger partial charge in [0.2, 0.25) is 5.13 Å². The molecule has 0 spiro atoms. The van der Waals surface area contributed by atoms with E-state index in [-0.39, 0.29) is 0 Å². The van der Waals surface area contributed by atoms with Crippen molar-refractivity contribution < 1.29 is 0 Å². The van der Waals surface area contributed by atoms with Crippen LogP contribution in [0, 0.1) is 5.92 Å². The van der Waals surface area contributed by atoms with Crippen molar-refractivity contribution >= 4 is 16.7 Å². The van der Waals surface area contributed by atoms with Crippen molar-refractivity contribution in [1.82, 2.24) is 9.36 Å². The van der Waals surface area contributed by atoms with Crippen LogP contribution in [0.2, 0.25) is 0 Å². The zero-order valence-electron chi connectivity index (χ0n) is 7.94. The Balaban J connectivity index is 2.05. The first-order valence-electron chi connectivity index (χ1n) is 4.88. The fourth-order valence-electron chi connectivity index (χ4n) is 1.83. The van der Waals surface area contributed by atoms with Crippen molar-refractivity contribution in [3.63, 3.8) is 0 Å². The normalized spacial score (nSPS) is 24.4. The van der Waals surface area contributed by atoms with E-state index in [1.165, 1.54) is 30.8 Å². The largest absolute Gasteiger partial charge is 0.347 e. The Morgan fingerprint density at radius 1 is 1.54 bits per heavy atom. The third-order valence-electron chi connectivity index (χ3n) is 2.53. The summed E-state index contributed by atoms with van der Waals surface area (Å²) >= 11 is 1.51. The summed E-state index contributed by atoms with van der Waals surface area (Å²) in [5.41, 5.74) is 0. The summed E-state index contributed by atoms with van der Waals surface area (Å²) in [6.45, 7) is 4.62. The number of hydrogen-bond donors (Lipinski definition) is 0. The molecule has 1 fully saturated rings. The van der Waals surface area contributed by atoms with Gasteiger partial charge in [-0.1, -0.05) is 13.3 Å². The highest BCUT2D eigenvalue weighted by atomic mass is 32.1. The fraction of sp³-hybridized carbons (Fsp3) is 0.778. The second kappa shape index (κ2) is 4.05. The monoisotopic (exact) mass is 197 g/mol. The molecule has 1 aliphatic rings. The van der Waals surface area contributed by atoms with Crippen LogP contribution in [0.5, 0.6) is 0 Å². The quantitative estimate of drug-likeness (QED) is 0.691. The number of aromatic nitrogens is 2. The smallest absolute Gasteiger partial charge is 0.204 e. The van der Waals surface area contributed by atoms with Gasteiger partial charge in [0.1, 0.15) is 6.33 Å². The molecule has 0 N–H and O–H groups in total. The molecule has 0 amide bonds. The van der Waals surface area contributed by atoms with E-state index in [1.54, 1.807) is 6.33 Å². The van der Waals surface area contributed by atoms with Gasteiger partial charge in [-0.3, -0.25) is 0 Å². The molecule has 13 heavy (non-hydrogen) atoms. The van der Waals surface area contributed by atoms with E-state index in [2.05, 4.69) is 21.2 Å². The molecule has 0 aliphatic carbocycles. The number of hydrogen-bond acceptors (Lipinski definition) is 4. The average Bonchev–Trinajstić information content (AvgIpc) is 2.56. The molecule has 72 valence electrons. The second-order valence-electron chi connectivity index (χ2n) is 3.77. The summed E-state index contributed by atoms with van der Waals surface area (Å²) in [6, 6.07) is 0. The van der Waals surface area contributed by atoms with Gasteiger partial charge < -0.3 is 4.90 Å². The van der Waals surface area contributed by atoms with Crippen molar-refractivity contribution in [1.29, 1.82) is 0 Å². The predicted octanol–water partition coefficient (Wildman–Crippen LogP) is 2.16. The van der Waals surface area contributed by atoms with Crippen LogP contribution in [0.15, 0.2) is 6.33 Å². The highest BCUT2D eigenvalue weighted by Crippen LogP contribution is 2.22. The van der Waals surface area contributed by atoms with Crippen LogP contribution in [0.3, 0.4) is 0 Å². The molecule has 1 saturated heterocycles. The molecule has 0 radical (unpaired) electrons. The van der Waals surface area contributed by atoms with Crippen LogP contribution in [0.1, 0.15) is 26.2 Å². The van der Waals surface area contributed by atoms with Gasteiger partial charge in [0.25, 0.3) is 0 Å². The molecule has 0 saturated carbocycles. The Morgan fingerprint density at radius 2 is 2.46 bits per heavy atom. The minimum atomic E-state index is 0.798. The molecular formula is C9H15N3S. The first-order chi connectivity index (χ1) is 6.36. The maximum Gasteiger partial charge on any atom is 0.204 e. The SMILES string of the molecule is CC1CCCCN(c2ncns2)C1. The standard InChI is InChI=1S/C9H15N3S/c1-8-4-2-3-5-12(6-8)9-10-7-11-13-9/h7-8H,2-6H2,1H3. The summed E-state index contributed by atoms with van der Waals surface area (Å²) in [5.74, 6) is 0.798.